The average molecular weight is 444 g/mol. The molecule has 31 heavy (non-hydrogen) atoms. The van der Waals surface area contributed by atoms with Gasteiger partial charge in [0.25, 0.3) is 0 Å². The highest BCUT2D eigenvalue weighted by Gasteiger charge is 2.24. The number of anilines is 1. The van der Waals surface area contributed by atoms with E-state index in [-0.39, 0.29) is 6.04 Å². The molecule has 8 heteroatoms. The van der Waals surface area contributed by atoms with Crippen LogP contribution in [0.25, 0.3) is 0 Å². The summed E-state index contributed by atoms with van der Waals surface area (Å²) in [7, 11) is -0.0978. The summed E-state index contributed by atoms with van der Waals surface area (Å²) >= 11 is 0. The fraction of sp³-hybridized carbons (Fsp3) is 0.435. The van der Waals surface area contributed by atoms with Gasteiger partial charge in [0.05, 0.1) is 4.90 Å². The Morgan fingerprint density at radius 2 is 1.84 bits per heavy atom. The van der Waals surface area contributed by atoms with Gasteiger partial charge in [0, 0.05) is 51.5 Å². The lowest BCUT2D eigenvalue weighted by atomic mass is 10.2. The Morgan fingerprint density at radius 1 is 1.16 bits per heavy atom. The van der Waals surface area contributed by atoms with Crippen LogP contribution in [-0.2, 0) is 16.6 Å². The molecule has 7 nitrogen and oxygen atoms in total. The summed E-state index contributed by atoms with van der Waals surface area (Å²) in [5.74, 6) is 0.746. The SMILES string of the molecule is CN=C(NCc1ccc(S(=O)(=O)N(C)C(C)C)cc1)NC1CCN(c2ccccc2)C1. The van der Waals surface area contributed by atoms with Crippen molar-refractivity contribution < 1.29 is 8.42 Å². The van der Waals surface area contributed by atoms with Crippen molar-refractivity contribution in [1.82, 2.24) is 14.9 Å². The molecule has 1 fully saturated rings. The van der Waals surface area contributed by atoms with Gasteiger partial charge < -0.3 is 15.5 Å². The Balaban J connectivity index is 1.53. The van der Waals surface area contributed by atoms with Crippen LogP contribution in [0, 0.1) is 0 Å². The third-order valence-corrected chi connectivity index (χ3v) is 7.71. The van der Waals surface area contributed by atoms with Gasteiger partial charge in [-0.05, 0) is 50.1 Å². The van der Waals surface area contributed by atoms with Crippen LogP contribution in [0.15, 0.2) is 64.5 Å². The third-order valence-electron chi connectivity index (χ3n) is 5.66. The lowest BCUT2D eigenvalue weighted by molar-refractivity contribution is 0.410. The first-order valence-corrected chi connectivity index (χ1v) is 12.1. The molecule has 1 aliphatic rings. The van der Waals surface area contributed by atoms with E-state index in [4.69, 9.17) is 0 Å². The lowest BCUT2D eigenvalue weighted by Crippen LogP contribution is -2.44. The molecule has 1 saturated heterocycles. The lowest BCUT2D eigenvalue weighted by Gasteiger charge is -2.21. The van der Waals surface area contributed by atoms with E-state index < -0.39 is 10.0 Å². The van der Waals surface area contributed by atoms with E-state index in [2.05, 4.69) is 44.8 Å². The van der Waals surface area contributed by atoms with Gasteiger partial charge in [-0.25, -0.2) is 8.42 Å². The van der Waals surface area contributed by atoms with Gasteiger partial charge >= 0.3 is 0 Å². The second-order valence-electron chi connectivity index (χ2n) is 8.10. The molecule has 2 aromatic carbocycles. The summed E-state index contributed by atoms with van der Waals surface area (Å²) in [5, 5.41) is 6.82. The Bertz CT molecular complexity index is 975. The summed E-state index contributed by atoms with van der Waals surface area (Å²) in [4.78, 5) is 7.02. The van der Waals surface area contributed by atoms with Crippen LogP contribution in [0.4, 0.5) is 5.69 Å². The molecule has 168 valence electrons. The first kappa shape index (κ1) is 23.1. The number of hydrogen-bond donors (Lipinski definition) is 2. The van der Waals surface area contributed by atoms with Crippen LogP contribution in [0.3, 0.4) is 0 Å². The van der Waals surface area contributed by atoms with Gasteiger partial charge in [-0.1, -0.05) is 30.3 Å². The molecule has 0 saturated carbocycles. The molecule has 2 aromatic rings. The second-order valence-corrected chi connectivity index (χ2v) is 10.1. The van der Waals surface area contributed by atoms with E-state index >= 15 is 0 Å². The molecule has 0 bridgehead atoms. The van der Waals surface area contributed by atoms with Gasteiger partial charge in [-0.2, -0.15) is 4.31 Å². The van der Waals surface area contributed by atoms with Crippen molar-refractivity contribution >= 4 is 21.7 Å². The predicted molar refractivity (Wildman–Crippen MR) is 127 cm³/mol. The number of nitrogens with one attached hydrogen (secondary N) is 2. The maximum absolute atomic E-state index is 12.6. The molecular formula is C23H33N5O2S. The van der Waals surface area contributed by atoms with Crippen LogP contribution >= 0.6 is 0 Å². The molecule has 0 aromatic heterocycles. The van der Waals surface area contributed by atoms with Crippen molar-refractivity contribution in [3.05, 3.63) is 60.2 Å². The molecule has 0 spiro atoms. The number of aliphatic imine (C=N–C) groups is 1. The summed E-state index contributed by atoms with van der Waals surface area (Å²) in [5.41, 5.74) is 2.24. The van der Waals surface area contributed by atoms with Crippen molar-refractivity contribution in [3.8, 4) is 0 Å². The zero-order valence-electron chi connectivity index (χ0n) is 18.7. The number of guanidine groups is 1. The number of para-hydroxylation sites is 1. The van der Waals surface area contributed by atoms with Gasteiger partial charge in [-0.15, -0.1) is 0 Å². The number of benzene rings is 2. The zero-order valence-corrected chi connectivity index (χ0v) is 19.6. The minimum Gasteiger partial charge on any atom is -0.369 e. The third kappa shape index (κ3) is 5.77. The van der Waals surface area contributed by atoms with Crippen LogP contribution in [-0.4, -0.2) is 58.0 Å². The molecule has 0 radical (unpaired) electrons. The van der Waals surface area contributed by atoms with Gasteiger partial charge in [0.15, 0.2) is 5.96 Å². The normalized spacial score (nSPS) is 17.4. The fourth-order valence-electron chi connectivity index (χ4n) is 3.55. The minimum atomic E-state index is -3.46. The van der Waals surface area contributed by atoms with Crippen molar-refractivity contribution in [1.29, 1.82) is 0 Å². The minimum absolute atomic E-state index is 0.0888. The summed E-state index contributed by atoms with van der Waals surface area (Å²) < 4.78 is 26.6. The van der Waals surface area contributed by atoms with Gasteiger partial charge in [0.2, 0.25) is 10.0 Å². The Labute approximate surface area is 186 Å². The largest absolute Gasteiger partial charge is 0.369 e. The Kier molecular flexibility index (Phi) is 7.56. The van der Waals surface area contributed by atoms with Gasteiger partial charge in [-0.3, -0.25) is 4.99 Å². The zero-order chi connectivity index (χ0) is 22.4. The number of nitrogens with zero attached hydrogens (tertiary/aromatic N) is 3. The first-order valence-electron chi connectivity index (χ1n) is 10.7. The molecule has 2 N–H and O–H groups in total. The van der Waals surface area contributed by atoms with E-state index in [0.29, 0.717) is 17.5 Å². The smallest absolute Gasteiger partial charge is 0.243 e. The fourth-order valence-corrected chi connectivity index (χ4v) is 4.92. The number of sulfonamides is 1. The first-order chi connectivity index (χ1) is 14.8. The van der Waals surface area contributed by atoms with E-state index in [0.717, 1.165) is 31.0 Å². The highest BCUT2D eigenvalue weighted by molar-refractivity contribution is 7.89. The summed E-state index contributed by atoms with van der Waals surface area (Å²) in [6.07, 6.45) is 1.05. The van der Waals surface area contributed by atoms with Gasteiger partial charge in [0.1, 0.15) is 0 Å². The average Bonchev–Trinajstić information content (AvgIpc) is 3.25. The monoisotopic (exact) mass is 443 g/mol. The van der Waals surface area contributed by atoms with Crippen molar-refractivity contribution in [3.63, 3.8) is 0 Å². The van der Waals surface area contributed by atoms with E-state index in [9.17, 15) is 8.42 Å². The van der Waals surface area contributed by atoms with Crippen LogP contribution < -0.4 is 15.5 Å². The highest BCUT2D eigenvalue weighted by atomic mass is 32.2. The van der Waals surface area contributed by atoms with Crippen molar-refractivity contribution in [2.24, 2.45) is 4.99 Å². The number of hydrogen-bond acceptors (Lipinski definition) is 4. The summed E-state index contributed by atoms with van der Waals surface area (Å²) in [6, 6.07) is 17.7. The molecule has 3 rings (SSSR count). The standard InChI is InChI=1S/C23H33N5O2S/c1-18(2)27(4)31(29,30)22-12-10-19(11-13-22)16-25-23(24-3)26-20-14-15-28(17-20)21-8-6-5-7-9-21/h5-13,18,20H,14-17H2,1-4H3,(H2,24,25,26). The molecule has 1 atom stereocenters. The summed E-state index contributed by atoms with van der Waals surface area (Å²) in [6.45, 7) is 6.23. The van der Waals surface area contributed by atoms with Crippen LogP contribution in [0.1, 0.15) is 25.8 Å². The van der Waals surface area contributed by atoms with Crippen molar-refractivity contribution in [2.75, 3.05) is 32.1 Å². The van der Waals surface area contributed by atoms with Crippen LogP contribution in [0.5, 0.6) is 0 Å². The highest BCUT2D eigenvalue weighted by Crippen LogP contribution is 2.20. The molecule has 1 aliphatic heterocycles. The Hall–Kier alpha value is -2.58. The topological polar surface area (TPSA) is 77.0 Å². The molecule has 0 amide bonds. The van der Waals surface area contributed by atoms with E-state index in [1.807, 2.05) is 32.0 Å². The Morgan fingerprint density at radius 3 is 2.45 bits per heavy atom. The van der Waals surface area contributed by atoms with Crippen LogP contribution in [0.2, 0.25) is 0 Å². The quantitative estimate of drug-likeness (QED) is 0.508. The van der Waals surface area contributed by atoms with E-state index in [1.165, 1.54) is 9.99 Å². The molecule has 1 heterocycles. The predicted octanol–water partition coefficient (Wildman–Crippen LogP) is 2.66. The number of rotatable bonds is 7. The molecule has 0 aliphatic carbocycles. The van der Waals surface area contributed by atoms with Crippen molar-refractivity contribution in [2.45, 2.75) is 43.8 Å². The maximum Gasteiger partial charge on any atom is 0.243 e. The maximum atomic E-state index is 12.6. The second kappa shape index (κ2) is 10.2. The van der Waals surface area contributed by atoms with E-state index in [1.54, 1.807) is 26.2 Å². The molecule has 1 unspecified atom stereocenters. The molecular weight excluding hydrogens is 410 g/mol.